The van der Waals surface area contributed by atoms with Gasteiger partial charge in [-0.3, -0.25) is 4.79 Å². The maximum atomic E-state index is 13.3. The molecule has 0 aromatic carbocycles. The van der Waals surface area contributed by atoms with Crippen LogP contribution in [0.2, 0.25) is 0 Å². The monoisotopic (exact) mass is 338 g/mol. The second kappa shape index (κ2) is 6.13. The number of nitrogens with zero attached hydrogens (tertiary/aromatic N) is 2. The standard InChI is InChI=1S/C13H17F3N2O3S/c1-8-7-22-11(17-8)12(20,13(14,15)16)5-10(19)18-3-4-21-9(2)6-18/h7,9,20H,3-6H2,1-2H3/t9-,12+/m1/s1. The van der Waals surface area contributed by atoms with Crippen molar-refractivity contribution >= 4 is 17.2 Å². The Hall–Kier alpha value is -1.19. The summed E-state index contributed by atoms with van der Waals surface area (Å²) >= 11 is 0.696. The first kappa shape index (κ1) is 17.2. The topological polar surface area (TPSA) is 62.7 Å². The molecule has 0 radical (unpaired) electrons. The fourth-order valence-corrected chi connectivity index (χ4v) is 3.13. The van der Waals surface area contributed by atoms with Gasteiger partial charge in [-0.05, 0) is 13.8 Å². The number of rotatable bonds is 3. The summed E-state index contributed by atoms with van der Waals surface area (Å²) in [6, 6.07) is 0. The van der Waals surface area contributed by atoms with E-state index >= 15 is 0 Å². The van der Waals surface area contributed by atoms with Gasteiger partial charge in [0, 0.05) is 24.2 Å². The second-order valence-electron chi connectivity index (χ2n) is 5.35. The van der Waals surface area contributed by atoms with E-state index in [1.807, 2.05) is 0 Å². The number of aromatic nitrogens is 1. The van der Waals surface area contributed by atoms with Gasteiger partial charge in [-0.2, -0.15) is 13.2 Å². The van der Waals surface area contributed by atoms with Crippen molar-refractivity contribution in [3.05, 3.63) is 16.1 Å². The third-order valence-electron chi connectivity index (χ3n) is 3.44. The maximum absolute atomic E-state index is 13.3. The second-order valence-corrected chi connectivity index (χ2v) is 6.21. The van der Waals surface area contributed by atoms with Gasteiger partial charge in [-0.1, -0.05) is 0 Å². The fraction of sp³-hybridized carbons (Fsp3) is 0.692. The molecule has 1 amide bonds. The van der Waals surface area contributed by atoms with E-state index in [2.05, 4.69) is 4.98 Å². The van der Waals surface area contributed by atoms with Crippen molar-refractivity contribution in [3.8, 4) is 0 Å². The molecule has 1 aliphatic heterocycles. The summed E-state index contributed by atoms with van der Waals surface area (Å²) < 4.78 is 45.2. The van der Waals surface area contributed by atoms with Crippen LogP contribution < -0.4 is 0 Å². The van der Waals surface area contributed by atoms with Crippen LogP contribution in [-0.2, 0) is 15.1 Å². The fourth-order valence-electron chi connectivity index (χ4n) is 2.22. The average molecular weight is 338 g/mol. The normalized spacial score (nSPS) is 22.5. The zero-order chi connectivity index (χ0) is 16.5. The lowest BCUT2D eigenvalue weighted by Crippen LogP contribution is -2.50. The summed E-state index contributed by atoms with van der Waals surface area (Å²) in [5.74, 6) is -0.761. The lowest BCUT2D eigenvalue weighted by Gasteiger charge is -2.34. The van der Waals surface area contributed by atoms with Gasteiger partial charge in [0.2, 0.25) is 11.5 Å². The number of ether oxygens (including phenoxy) is 1. The Kier molecular flexibility index (Phi) is 4.78. The van der Waals surface area contributed by atoms with Crippen molar-refractivity contribution in [1.29, 1.82) is 0 Å². The van der Waals surface area contributed by atoms with Crippen molar-refractivity contribution in [2.45, 2.75) is 38.1 Å². The first-order valence-electron chi connectivity index (χ1n) is 6.74. The molecule has 0 aliphatic carbocycles. The molecular weight excluding hydrogens is 321 g/mol. The molecule has 0 bridgehead atoms. The summed E-state index contributed by atoms with van der Waals surface area (Å²) in [5, 5.41) is 11.0. The number of hydrogen-bond donors (Lipinski definition) is 1. The Morgan fingerprint density at radius 2 is 2.27 bits per heavy atom. The van der Waals surface area contributed by atoms with Crippen LogP contribution in [0.3, 0.4) is 0 Å². The average Bonchev–Trinajstić information content (AvgIpc) is 2.84. The minimum atomic E-state index is -4.98. The number of aryl methyl sites for hydroxylation is 1. The summed E-state index contributed by atoms with van der Waals surface area (Å²) in [7, 11) is 0. The van der Waals surface area contributed by atoms with Crippen molar-refractivity contribution in [1.82, 2.24) is 9.88 Å². The zero-order valence-electron chi connectivity index (χ0n) is 12.2. The molecule has 9 heteroatoms. The minimum Gasteiger partial charge on any atom is -0.375 e. The maximum Gasteiger partial charge on any atom is 0.424 e. The number of halogens is 3. The predicted octanol–water partition coefficient (Wildman–Crippen LogP) is 1.84. The number of aliphatic hydroxyl groups is 1. The van der Waals surface area contributed by atoms with E-state index in [0.717, 1.165) is 0 Å². The predicted molar refractivity (Wildman–Crippen MR) is 73.4 cm³/mol. The molecule has 0 spiro atoms. The van der Waals surface area contributed by atoms with Crippen LogP contribution in [0.25, 0.3) is 0 Å². The Morgan fingerprint density at radius 3 is 2.77 bits per heavy atom. The molecule has 1 aliphatic rings. The molecule has 0 saturated carbocycles. The van der Waals surface area contributed by atoms with Gasteiger partial charge in [0.25, 0.3) is 0 Å². The van der Waals surface area contributed by atoms with Crippen molar-refractivity contribution in [2.75, 3.05) is 19.7 Å². The van der Waals surface area contributed by atoms with E-state index in [1.165, 1.54) is 17.2 Å². The quantitative estimate of drug-likeness (QED) is 0.913. The van der Waals surface area contributed by atoms with Gasteiger partial charge in [-0.25, -0.2) is 4.98 Å². The largest absolute Gasteiger partial charge is 0.424 e. The molecule has 1 N–H and O–H groups in total. The van der Waals surface area contributed by atoms with E-state index in [1.54, 1.807) is 6.92 Å². The van der Waals surface area contributed by atoms with Gasteiger partial charge in [0.05, 0.1) is 19.1 Å². The molecule has 2 rings (SSSR count). The van der Waals surface area contributed by atoms with Crippen LogP contribution in [0, 0.1) is 6.92 Å². The molecule has 1 fully saturated rings. The van der Waals surface area contributed by atoms with Gasteiger partial charge >= 0.3 is 6.18 Å². The molecule has 2 heterocycles. The Labute approximate surface area is 129 Å². The molecular formula is C13H17F3N2O3S. The van der Waals surface area contributed by atoms with E-state index in [0.29, 0.717) is 17.0 Å². The molecule has 1 saturated heterocycles. The molecule has 1 aromatic heterocycles. The Balaban J connectivity index is 2.22. The van der Waals surface area contributed by atoms with Gasteiger partial charge < -0.3 is 14.7 Å². The first-order chi connectivity index (χ1) is 10.1. The van der Waals surface area contributed by atoms with Gasteiger partial charge in [-0.15, -0.1) is 11.3 Å². The highest BCUT2D eigenvalue weighted by Crippen LogP contribution is 2.43. The van der Waals surface area contributed by atoms with Crippen LogP contribution >= 0.6 is 11.3 Å². The Morgan fingerprint density at radius 1 is 1.59 bits per heavy atom. The first-order valence-corrected chi connectivity index (χ1v) is 7.62. The molecule has 5 nitrogen and oxygen atoms in total. The van der Waals surface area contributed by atoms with E-state index in [-0.39, 0.29) is 25.8 Å². The number of carbonyl (C=O) groups excluding carboxylic acids is 1. The number of amides is 1. The molecule has 124 valence electrons. The highest BCUT2D eigenvalue weighted by Gasteiger charge is 2.58. The number of morpholine rings is 1. The Bertz CT molecular complexity index is 549. The minimum absolute atomic E-state index is 0.212. The number of alkyl halides is 3. The van der Waals surface area contributed by atoms with Crippen LogP contribution in [0.5, 0.6) is 0 Å². The van der Waals surface area contributed by atoms with Crippen molar-refractivity contribution in [2.24, 2.45) is 0 Å². The molecule has 22 heavy (non-hydrogen) atoms. The summed E-state index contributed by atoms with van der Waals surface area (Å²) in [6.45, 7) is 3.97. The van der Waals surface area contributed by atoms with Gasteiger partial charge in [0.15, 0.2) is 0 Å². The third-order valence-corrected chi connectivity index (χ3v) is 4.55. The SMILES string of the molecule is Cc1csc([C@@](O)(CC(=O)N2CCO[C@H](C)C2)C(F)(F)F)n1. The van der Waals surface area contributed by atoms with E-state index in [9.17, 15) is 23.1 Å². The van der Waals surface area contributed by atoms with Crippen LogP contribution in [-0.4, -0.2) is 52.9 Å². The van der Waals surface area contributed by atoms with E-state index in [4.69, 9.17) is 4.74 Å². The number of hydrogen-bond acceptors (Lipinski definition) is 5. The summed E-state index contributed by atoms with van der Waals surface area (Å²) in [4.78, 5) is 17.2. The third kappa shape index (κ3) is 3.41. The van der Waals surface area contributed by atoms with Crippen LogP contribution in [0.1, 0.15) is 24.0 Å². The zero-order valence-corrected chi connectivity index (χ0v) is 13.0. The van der Waals surface area contributed by atoms with Crippen LogP contribution in [0.15, 0.2) is 5.38 Å². The molecule has 0 unspecified atom stereocenters. The lowest BCUT2D eigenvalue weighted by molar-refractivity contribution is -0.268. The summed E-state index contributed by atoms with van der Waals surface area (Å²) in [5.41, 5.74) is -2.89. The van der Waals surface area contributed by atoms with Gasteiger partial charge in [0.1, 0.15) is 5.01 Å². The highest BCUT2D eigenvalue weighted by atomic mass is 32.1. The smallest absolute Gasteiger partial charge is 0.375 e. The molecule has 2 atom stereocenters. The van der Waals surface area contributed by atoms with Crippen LogP contribution in [0.4, 0.5) is 13.2 Å². The number of thiazole rings is 1. The summed E-state index contributed by atoms with van der Waals surface area (Å²) in [6.07, 6.45) is -6.29. The van der Waals surface area contributed by atoms with E-state index < -0.39 is 29.1 Å². The number of carbonyl (C=O) groups is 1. The molecule has 1 aromatic rings. The van der Waals surface area contributed by atoms with Crippen molar-refractivity contribution < 1.29 is 27.8 Å². The lowest BCUT2D eigenvalue weighted by atomic mass is 9.98. The highest BCUT2D eigenvalue weighted by molar-refractivity contribution is 7.09. The van der Waals surface area contributed by atoms with Crippen molar-refractivity contribution in [3.63, 3.8) is 0 Å².